The Bertz CT molecular complexity index is 598. The number of benzene rings is 1. The first kappa shape index (κ1) is 14.2. The topological polar surface area (TPSA) is 50.9 Å². The highest BCUT2D eigenvalue weighted by Crippen LogP contribution is 2.49. The summed E-state index contributed by atoms with van der Waals surface area (Å²) in [7, 11) is 0. The third-order valence-corrected chi connectivity index (χ3v) is 4.84. The van der Waals surface area contributed by atoms with Crippen LogP contribution in [0.15, 0.2) is 36.9 Å². The zero-order valence-corrected chi connectivity index (χ0v) is 12.2. The van der Waals surface area contributed by atoms with E-state index in [1.54, 1.807) is 23.1 Å². The lowest BCUT2D eigenvalue weighted by Crippen LogP contribution is -2.46. The highest BCUT2D eigenvalue weighted by atomic mass is 19.1. The summed E-state index contributed by atoms with van der Waals surface area (Å²) in [6, 6.07) is 6.55. The van der Waals surface area contributed by atoms with Crippen LogP contribution in [0.4, 0.5) is 4.39 Å². The maximum absolute atomic E-state index is 13.0. The van der Waals surface area contributed by atoms with Gasteiger partial charge in [-0.05, 0) is 43.4 Å². The van der Waals surface area contributed by atoms with E-state index < -0.39 is 5.60 Å². The second kappa shape index (κ2) is 5.22. The number of aliphatic hydroxyl groups is 1. The summed E-state index contributed by atoms with van der Waals surface area (Å²) in [5.74, 6) is -0.229. The smallest absolute Gasteiger partial charge is 0.137 e. The standard InChI is InChI=1S/C16H20FN3O/c1-15(9-13-3-5-14(17)6-4-13)7-2-8-16(15,21)10-20-12-18-11-19-20/h3-6,11-12,21H,2,7-10H2,1H3. The Kier molecular flexibility index (Phi) is 3.53. The van der Waals surface area contributed by atoms with Crippen molar-refractivity contribution in [3.05, 3.63) is 48.3 Å². The summed E-state index contributed by atoms with van der Waals surface area (Å²) < 4.78 is 14.7. The molecule has 4 nitrogen and oxygen atoms in total. The van der Waals surface area contributed by atoms with Gasteiger partial charge in [-0.15, -0.1) is 0 Å². The van der Waals surface area contributed by atoms with E-state index in [2.05, 4.69) is 17.0 Å². The molecule has 1 aliphatic rings. The Morgan fingerprint density at radius 3 is 2.71 bits per heavy atom. The Morgan fingerprint density at radius 2 is 2.05 bits per heavy atom. The lowest BCUT2D eigenvalue weighted by molar-refractivity contribution is -0.0676. The van der Waals surface area contributed by atoms with Crippen LogP contribution in [-0.2, 0) is 13.0 Å². The highest BCUT2D eigenvalue weighted by Gasteiger charge is 2.50. The van der Waals surface area contributed by atoms with Crippen LogP contribution < -0.4 is 0 Å². The fraction of sp³-hybridized carbons (Fsp3) is 0.500. The summed E-state index contributed by atoms with van der Waals surface area (Å²) in [6.07, 6.45) is 6.55. The molecule has 5 heteroatoms. The minimum Gasteiger partial charge on any atom is -0.387 e. The minimum atomic E-state index is -0.810. The first-order chi connectivity index (χ1) is 10.0. The van der Waals surface area contributed by atoms with Crippen molar-refractivity contribution in [2.75, 3.05) is 0 Å². The fourth-order valence-corrected chi connectivity index (χ4v) is 3.46. The third kappa shape index (κ3) is 2.70. The summed E-state index contributed by atoms with van der Waals surface area (Å²) in [6.45, 7) is 2.56. The van der Waals surface area contributed by atoms with E-state index in [1.807, 2.05) is 0 Å². The van der Waals surface area contributed by atoms with Crippen LogP contribution in [-0.4, -0.2) is 25.5 Å². The molecular formula is C16H20FN3O. The van der Waals surface area contributed by atoms with Gasteiger partial charge in [-0.1, -0.05) is 19.1 Å². The van der Waals surface area contributed by atoms with Crippen LogP contribution in [0.25, 0.3) is 0 Å². The molecule has 21 heavy (non-hydrogen) atoms. The van der Waals surface area contributed by atoms with E-state index in [0.717, 1.165) is 31.2 Å². The zero-order valence-electron chi connectivity index (χ0n) is 12.2. The van der Waals surface area contributed by atoms with Gasteiger partial charge in [0, 0.05) is 5.41 Å². The molecule has 0 aliphatic heterocycles. The van der Waals surface area contributed by atoms with Gasteiger partial charge in [0.2, 0.25) is 0 Å². The van der Waals surface area contributed by atoms with Crippen LogP contribution in [0.2, 0.25) is 0 Å². The molecule has 2 atom stereocenters. The molecule has 1 aliphatic carbocycles. The third-order valence-electron chi connectivity index (χ3n) is 4.84. The first-order valence-electron chi connectivity index (χ1n) is 7.30. The maximum atomic E-state index is 13.0. The highest BCUT2D eigenvalue weighted by molar-refractivity contribution is 5.20. The molecular weight excluding hydrogens is 269 g/mol. The van der Waals surface area contributed by atoms with Crippen LogP contribution in [0.3, 0.4) is 0 Å². The van der Waals surface area contributed by atoms with Crippen molar-refractivity contribution in [3.63, 3.8) is 0 Å². The van der Waals surface area contributed by atoms with Gasteiger partial charge >= 0.3 is 0 Å². The minimum absolute atomic E-state index is 0.229. The summed E-state index contributed by atoms with van der Waals surface area (Å²) in [4.78, 5) is 3.94. The Balaban J connectivity index is 1.82. The number of aromatic nitrogens is 3. The van der Waals surface area contributed by atoms with Gasteiger partial charge in [0.1, 0.15) is 18.5 Å². The monoisotopic (exact) mass is 289 g/mol. The van der Waals surface area contributed by atoms with Crippen molar-refractivity contribution in [1.82, 2.24) is 14.8 Å². The number of hydrogen-bond acceptors (Lipinski definition) is 3. The van der Waals surface area contributed by atoms with Crippen molar-refractivity contribution < 1.29 is 9.50 Å². The number of halogens is 1. The second-order valence-corrected chi connectivity index (χ2v) is 6.34. The summed E-state index contributed by atoms with van der Waals surface area (Å²) in [5, 5.41) is 15.2. The van der Waals surface area contributed by atoms with Crippen LogP contribution >= 0.6 is 0 Å². The normalized spacial score (nSPS) is 28.9. The van der Waals surface area contributed by atoms with E-state index in [-0.39, 0.29) is 11.2 Å². The summed E-state index contributed by atoms with van der Waals surface area (Å²) in [5.41, 5.74) is 0.00380. The second-order valence-electron chi connectivity index (χ2n) is 6.34. The van der Waals surface area contributed by atoms with Gasteiger partial charge in [-0.25, -0.2) is 9.37 Å². The van der Waals surface area contributed by atoms with Crippen molar-refractivity contribution in [3.8, 4) is 0 Å². The van der Waals surface area contributed by atoms with E-state index in [9.17, 15) is 9.50 Å². The summed E-state index contributed by atoms with van der Waals surface area (Å²) >= 11 is 0. The van der Waals surface area contributed by atoms with Gasteiger partial charge in [0.25, 0.3) is 0 Å². The Labute approximate surface area is 123 Å². The molecule has 0 radical (unpaired) electrons. The van der Waals surface area contributed by atoms with Gasteiger partial charge in [0.05, 0.1) is 12.1 Å². The molecule has 1 aromatic carbocycles. The van der Waals surface area contributed by atoms with Crippen molar-refractivity contribution in [2.45, 2.75) is 44.8 Å². The van der Waals surface area contributed by atoms with E-state index in [1.165, 1.54) is 18.5 Å². The number of nitrogens with zero attached hydrogens (tertiary/aromatic N) is 3. The van der Waals surface area contributed by atoms with Gasteiger partial charge < -0.3 is 5.11 Å². The van der Waals surface area contributed by atoms with E-state index in [0.29, 0.717) is 6.54 Å². The molecule has 2 aromatic rings. The van der Waals surface area contributed by atoms with Crippen LogP contribution in [0.5, 0.6) is 0 Å². The molecule has 2 unspecified atom stereocenters. The largest absolute Gasteiger partial charge is 0.387 e. The molecule has 1 heterocycles. The lowest BCUT2D eigenvalue weighted by Gasteiger charge is -2.40. The van der Waals surface area contributed by atoms with Crippen LogP contribution in [0.1, 0.15) is 31.7 Å². The molecule has 1 saturated carbocycles. The predicted molar refractivity (Wildman–Crippen MR) is 77.0 cm³/mol. The van der Waals surface area contributed by atoms with Gasteiger partial charge in [0.15, 0.2) is 0 Å². The fourth-order valence-electron chi connectivity index (χ4n) is 3.46. The van der Waals surface area contributed by atoms with Gasteiger partial charge in [-0.2, -0.15) is 5.10 Å². The van der Waals surface area contributed by atoms with Crippen LogP contribution in [0, 0.1) is 11.2 Å². The molecule has 0 bridgehead atoms. The first-order valence-corrected chi connectivity index (χ1v) is 7.30. The maximum Gasteiger partial charge on any atom is 0.137 e. The predicted octanol–water partition coefficient (Wildman–Crippen LogP) is 2.58. The quantitative estimate of drug-likeness (QED) is 0.941. The number of rotatable bonds is 4. The molecule has 0 spiro atoms. The van der Waals surface area contributed by atoms with Crippen molar-refractivity contribution in [2.24, 2.45) is 5.41 Å². The van der Waals surface area contributed by atoms with Crippen molar-refractivity contribution >= 4 is 0 Å². The SMILES string of the molecule is CC1(Cc2ccc(F)cc2)CCCC1(O)Cn1cncn1. The molecule has 112 valence electrons. The Hall–Kier alpha value is -1.75. The number of hydrogen-bond donors (Lipinski definition) is 1. The molecule has 1 N–H and O–H groups in total. The molecule has 1 aromatic heterocycles. The Morgan fingerprint density at radius 1 is 1.29 bits per heavy atom. The van der Waals surface area contributed by atoms with E-state index in [4.69, 9.17) is 0 Å². The molecule has 0 saturated heterocycles. The average molecular weight is 289 g/mol. The zero-order chi connectivity index (χ0) is 14.9. The van der Waals surface area contributed by atoms with Gasteiger partial charge in [-0.3, -0.25) is 4.68 Å². The lowest BCUT2D eigenvalue weighted by atomic mass is 9.71. The molecule has 0 amide bonds. The average Bonchev–Trinajstić information content (AvgIpc) is 3.03. The molecule has 1 fully saturated rings. The van der Waals surface area contributed by atoms with Crippen molar-refractivity contribution in [1.29, 1.82) is 0 Å². The van der Waals surface area contributed by atoms with E-state index >= 15 is 0 Å². The molecule has 3 rings (SSSR count).